The van der Waals surface area contributed by atoms with Gasteiger partial charge in [-0.3, -0.25) is 9.48 Å². The third-order valence-corrected chi connectivity index (χ3v) is 4.50. The van der Waals surface area contributed by atoms with E-state index in [-0.39, 0.29) is 11.9 Å². The number of aromatic nitrogens is 2. The maximum absolute atomic E-state index is 13.1. The predicted molar refractivity (Wildman–Crippen MR) is 97.9 cm³/mol. The summed E-state index contributed by atoms with van der Waals surface area (Å²) in [4.78, 5) is 29.1. The summed E-state index contributed by atoms with van der Waals surface area (Å²) in [6, 6.07) is 0. The Morgan fingerprint density at radius 1 is 1.23 bits per heavy atom. The van der Waals surface area contributed by atoms with Crippen LogP contribution in [0.5, 0.6) is 0 Å². The van der Waals surface area contributed by atoms with E-state index in [0.717, 1.165) is 36.2 Å². The minimum absolute atomic E-state index is 0.0403. The highest BCUT2D eigenvalue weighted by molar-refractivity contribution is 6.10. The lowest BCUT2D eigenvalue weighted by Crippen LogP contribution is -2.42. The predicted octanol–water partition coefficient (Wildman–Crippen LogP) is 2.60. The third kappa shape index (κ3) is 3.76. The highest BCUT2D eigenvalue weighted by Crippen LogP contribution is 2.29. The average Bonchev–Trinajstić information content (AvgIpc) is 2.81. The molecule has 7 heteroatoms. The van der Waals surface area contributed by atoms with E-state index in [0.29, 0.717) is 25.2 Å². The normalized spacial score (nSPS) is 19.0. The lowest BCUT2D eigenvalue weighted by Gasteiger charge is -2.30. The molecule has 7 nitrogen and oxygen atoms in total. The van der Waals surface area contributed by atoms with Crippen LogP contribution >= 0.6 is 0 Å². The molecular formula is C19H28N4O3. The van der Waals surface area contributed by atoms with E-state index in [9.17, 15) is 9.59 Å². The maximum atomic E-state index is 13.1. The number of aryl methyl sites for hydroxylation is 1. The Hall–Kier alpha value is -2.31. The summed E-state index contributed by atoms with van der Waals surface area (Å²) in [5.41, 5.74) is 2.64. The van der Waals surface area contributed by atoms with Crippen LogP contribution in [-0.4, -0.2) is 57.7 Å². The van der Waals surface area contributed by atoms with Crippen LogP contribution in [0.1, 0.15) is 55.4 Å². The van der Waals surface area contributed by atoms with Gasteiger partial charge in [0.1, 0.15) is 5.60 Å². The number of carbonyl (C=O) groups is 2. The highest BCUT2D eigenvalue weighted by Gasteiger charge is 2.33. The van der Waals surface area contributed by atoms with Crippen molar-refractivity contribution in [3.05, 3.63) is 28.7 Å². The van der Waals surface area contributed by atoms with Crippen molar-refractivity contribution < 1.29 is 14.3 Å². The summed E-state index contributed by atoms with van der Waals surface area (Å²) < 4.78 is 7.38. The first-order chi connectivity index (χ1) is 12.2. The molecule has 0 bridgehead atoms. The van der Waals surface area contributed by atoms with Crippen LogP contribution < -0.4 is 0 Å². The fraction of sp³-hybridized carbons (Fsp3) is 0.632. The number of rotatable bonds is 1. The van der Waals surface area contributed by atoms with E-state index in [2.05, 4.69) is 5.10 Å². The average molecular weight is 360 g/mol. The summed E-state index contributed by atoms with van der Waals surface area (Å²) in [6.45, 7) is 7.05. The van der Waals surface area contributed by atoms with E-state index in [1.807, 2.05) is 50.6 Å². The molecule has 1 aliphatic heterocycles. The minimum atomic E-state index is -0.539. The number of amides is 1. The number of ketones is 1. The molecule has 0 saturated carbocycles. The van der Waals surface area contributed by atoms with Gasteiger partial charge in [-0.05, 0) is 40.0 Å². The molecule has 3 rings (SSSR count). The lowest BCUT2D eigenvalue weighted by molar-refractivity contribution is 0.0193. The standard InChI is InChI=1S/C19H28N4O3/c1-19(2,3)26-18(25)22-9-10-23-15(12-22)16-14(20-23)8-6-7-13(17(16)24)11-21(4)5/h11H,6-10,12H2,1-5H3/b13-11+. The Morgan fingerprint density at radius 3 is 2.62 bits per heavy atom. The van der Waals surface area contributed by atoms with Gasteiger partial charge in [-0.25, -0.2) is 4.79 Å². The molecule has 1 aromatic heterocycles. The number of ether oxygens (including phenoxy) is 1. The fourth-order valence-corrected chi connectivity index (χ4v) is 3.45. The molecule has 2 aliphatic rings. The Balaban J connectivity index is 1.91. The van der Waals surface area contributed by atoms with Crippen molar-refractivity contribution in [2.24, 2.45) is 0 Å². The van der Waals surface area contributed by atoms with E-state index in [1.165, 1.54) is 0 Å². The Bertz CT molecular complexity index is 756. The van der Waals surface area contributed by atoms with Crippen LogP contribution in [0.15, 0.2) is 11.8 Å². The van der Waals surface area contributed by atoms with Crippen LogP contribution in [-0.2, 0) is 24.2 Å². The summed E-state index contributed by atoms with van der Waals surface area (Å²) >= 11 is 0. The topological polar surface area (TPSA) is 67.7 Å². The molecule has 26 heavy (non-hydrogen) atoms. The second-order valence-electron chi connectivity index (χ2n) is 8.19. The second kappa shape index (κ2) is 6.78. The van der Waals surface area contributed by atoms with Gasteiger partial charge in [-0.2, -0.15) is 5.10 Å². The van der Waals surface area contributed by atoms with Crippen molar-refractivity contribution in [3.8, 4) is 0 Å². The number of carbonyl (C=O) groups excluding carboxylic acids is 2. The molecule has 0 fully saturated rings. The Kier molecular flexibility index (Phi) is 4.82. The van der Waals surface area contributed by atoms with Crippen LogP contribution in [0.2, 0.25) is 0 Å². The first-order valence-corrected chi connectivity index (χ1v) is 9.14. The number of Topliss-reactive ketones (excluding diaryl/α,β-unsaturated/α-hetero) is 1. The number of nitrogens with zero attached hydrogens (tertiary/aromatic N) is 4. The number of hydrogen-bond donors (Lipinski definition) is 0. The van der Waals surface area contributed by atoms with Gasteiger partial charge in [0.15, 0.2) is 5.78 Å². The van der Waals surface area contributed by atoms with Gasteiger partial charge in [0.25, 0.3) is 0 Å². The number of hydrogen-bond acceptors (Lipinski definition) is 5. The van der Waals surface area contributed by atoms with E-state index in [4.69, 9.17) is 4.74 Å². The van der Waals surface area contributed by atoms with Gasteiger partial charge in [0.2, 0.25) is 0 Å². The van der Waals surface area contributed by atoms with Gasteiger partial charge in [0, 0.05) is 32.4 Å². The van der Waals surface area contributed by atoms with Crippen molar-refractivity contribution in [1.29, 1.82) is 0 Å². The van der Waals surface area contributed by atoms with Crippen LogP contribution in [0.4, 0.5) is 4.79 Å². The highest BCUT2D eigenvalue weighted by atomic mass is 16.6. The quantitative estimate of drug-likeness (QED) is 0.569. The monoisotopic (exact) mass is 360 g/mol. The van der Waals surface area contributed by atoms with Crippen molar-refractivity contribution in [2.45, 2.75) is 58.7 Å². The molecule has 0 spiro atoms. The molecule has 0 unspecified atom stereocenters. The van der Waals surface area contributed by atoms with Crippen molar-refractivity contribution >= 4 is 11.9 Å². The Morgan fingerprint density at radius 2 is 1.96 bits per heavy atom. The number of fused-ring (bicyclic) bond motifs is 3. The SMILES string of the molecule is CN(C)/C=C1\CCCc2nn3c(c2C1=O)CN(C(=O)OC(C)(C)C)CC3. The molecular weight excluding hydrogens is 332 g/mol. The maximum Gasteiger partial charge on any atom is 0.410 e. The zero-order valence-corrected chi connectivity index (χ0v) is 16.3. The van der Waals surface area contributed by atoms with Gasteiger partial charge in [0.05, 0.1) is 30.0 Å². The molecule has 1 amide bonds. The Labute approximate surface area is 154 Å². The van der Waals surface area contributed by atoms with Gasteiger partial charge in [-0.1, -0.05) is 0 Å². The zero-order chi connectivity index (χ0) is 19.1. The molecule has 142 valence electrons. The lowest BCUT2D eigenvalue weighted by atomic mass is 10.0. The molecule has 0 N–H and O–H groups in total. The summed E-state index contributed by atoms with van der Waals surface area (Å²) in [7, 11) is 3.84. The molecule has 0 aromatic carbocycles. The van der Waals surface area contributed by atoms with Crippen LogP contribution in [0, 0.1) is 0 Å². The van der Waals surface area contributed by atoms with Gasteiger partial charge >= 0.3 is 6.09 Å². The molecule has 0 radical (unpaired) electrons. The molecule has 0 saturated heterocycles. The summed E-state index contributed by atoms with van der Waals surface area (Å²) in [6.07, 6.45) is 4.01. The van der Waals surface area contributed by atoms with E-state index < -0.39 is 5.60 Å². The first-order valence-electron chi connectivity index (χ1n) is 9.14. The molecule has 0 atom stereocenters. The largest absolute Gasteiger partial charge is 0.444 e. The van der Waals surface area contributed by atoms with E-state index in [1.54, 1.807) is 4.90 Å². The molecule has 2 heterocycles. The second-order valence-corrected chi connectivity index (χ2v) is 8.19. The first kappa shape index (κ1) is 18.5. The summed E-state index contributed by atoms with van der Waals surface area (Å²) in [5, 5.41) is 4.66. The third-order valence-electron chi connectivity index (χ3n) is 4.50. The van der Waals surface area contributed by atoms with Crippen LogP contribution in [0.3, 0.4) is 0 Å². The van der Waals surface area contributed by atoms with E-state index >= 15 is 0 Å². The smallest absolute Gasteiger partial charge is 0.410 e. The fourth-order valence-electron chi connectivity index (χ4n) is 3.45. The molecule has 1 aliphatic carbocycles. The van der Waals surface area contributed by atoms with Crippen molar-refractivity contribution in [1.82, 2.24) is 19.6 Å². The van der Waals surface area contributed by atoms with Crippen molar-refractivity contribution in [2.75, 3.05) is 20.6 Å². The summed E-state index contributed by atoms with van der Waals surface area (Å²) in [5.74, 6) is 0.0403. The van der Waals surface area contributed by atoms with Crippen molar-refractivity contribution in [3.63, 3.8) is 0 Å². The minimum Gasteiger partial charge on any atom is -0.444 e. The van der Waals surface area contributed by atoms with Gasteiger partial charge < -0.3 is 14.5 Å². The van der Waals surface area contributed by atoms with Gasteiger partial charge in [-0.15, -0.1) is 0 Å². The van der Waals surface area contributed by atoms with Crippen LogP contribution in [0.25, 0.3) is 0 Å². The molecule has 1 aromatic rings. The number of allylic oxidation sites excluding steroid dienone is 1. The zero-order valence-electron chi connectivity index (χ0n) is 16.3.